The molecule has 28 heavy (non-hydrogen) atoms. The molecule has 3 rings (SSSR count). The molecule has 0 radical (unpaired) electrons. The number of hydrogen-bond acceptors (Lipinski definition) is 5. The van der Waals surface area contributed by atoms with Crippen LogP contribution in [0.3, 0.4) is 0 Å². The molecular weight excluding hydrogens is 443 g/mol. The number of thioether (sulfide) groups is 1. The summed E-state index contributed by atoms with van der Waals surface area (Å²) in [5.74, 6) is 0. The Hall–Kier alpha value is -1.93. The second-order valence-electron chi connectivity index (χ2n) is 5.64. The zero-order chi connectivity index (χ0) is 20.3. The Morgan fingerprint density at radius 3 is 2.57 bits per heavy atom. The average molecular weight is 458 g/mol. The van der Waals surface area contributed by atoms with Gasteiger partial charge in [0.1, 0.15) is 11.7 Å². The number of rotatable bonds is 5. The van der Waals surface area contributed by atoms with E-state index in [9.17, 15) is 4.79 Å². The minimum absolute atomic E-state index is 0.0732. The second kappa shape index (κ2) is 9.05. The molecule has 0 saturated heterocycles. The number of nitrogens with zero attached hydrogens (tertiary/aromatic N) is 4. The fraction of sp³-hybridized carbons (Fsp3) is 0.167. The summed E-state index contributed by atoms with van der Waals surface area (Å²) in [5, 5.41) is 9.77. The van der Waals surface area contributed by atoms with Gasteiger partial charge in [-0.2, -0.15) is 0 Å². The largest absolute Gasteiger partial charge is 0.390 e. The fourth-order valence-electron chi connectivity index (χ4n) is 2.49. The van der Waals surface area contributed by atoms with E-state index in [1.807, 2.05) is 24.5 Å². The van der Waals surface area contributed by atoms with Crippen LogP contribution in [0.5, 0.6) is 0 Å². The molecule has 0 saturated carbocycles. The lowest BCUT2D eigenvalue weighted by Crippen LogP contribution is -2.22. The molecule has 1 aromatic heterocycles. The Labute approximate surface area is 180 Å². The molecule has 1 heterocycles. The highest BCUT2D eigenvalue weighted by molar-refractivity contribution is 8.13. The summed E-state index contributed by atoms with van der Waals surface area (Å²) < 4.78 is 2.49. The molecular formula is C18H15Cl3N4O2S. The summed E-state index contributed by atoms with van der Waals surface area (Å²) in [5.41, 5.74) is 1.77. The quantitative estimate of drug-likeness (QED) is 0.314. The van der Waals surface area contributed by atoms with Gasteiger partial charge in [0.25, 0.3) is 0 Å². The van der Waals surface area contributed by atoms with Crippen molar-refractivity contribution in [1.82, 2.24) is 14.3 Å². The normalized spacial score (nSPS) is 11.7. The molecule has 10 heteroatoms. The Balaban J connectivity index is 1.86. The molecule has 0 aliphatic rings. The fourth-order valence-corrected chi connectivity index (χ4v) is 3.55. The Kier molecular flexibility index (Phi) is 6.72. The SMILES string of the molecule is CSC(=NOCc1ccccc1-n1c(Cl)nn(C)c1=O)c1ccc(Cl)c(Cl)c1. The summed E-state index contributed by atoms with van der Waals surface area (Å²) >= 11 is 19.6. The number of aryl methyl sites for hydroxylation is 1. The second-order valence-corrected chi connectivity index (χ2v) is 7.59. The molecule has 3 aromatic rings. The maximum Gasteiger partial charge on any atom is 0.351 e. The van der Waals surface area contributed by atoms with Gasteiger partial charge in [0.05, 0.1) is 15.7 Å². The molecule has 0 amide bonds. The van der Waals surface area contributed by atoms with Gasteiger partial charge in [0.2, 0.25) is 5.28 Å². The molecule has 0 aliphatic heterocycles. The van der Waals surface area contributed by atoms with Gasteiger partial charge in [-0.15, -0.1) is 16.9 Å². The monoisotopic (exact) mass is 456 g/mol. The van der Waals surface area contributed by atoms with Gasteiger partial charge in [-0.1, -0.05) is 52.6 Å². The zero-order valence-electron chi connectivity index (χ0n) is 14.9. The lowest BCUT2D eigenvalue weighted by Gasteiger charge is -2.10. The van der Waals surface area contributed by atoms with Crippen molar-refractivity contribution < 1.29 is 4.84 Å². The van der Waals surface area contributed by atoms with Crippen molar-refractivity contribution in [2.45, 2.75) is 6.61 Å². The molecule has 0 unspecified atom stereocenters. The van der Waals surface area contributed by atoms with Crippen LogP contribution in [-0.2, 0) is 18.5 Å². The summed E-state index contributed by atoms with van der Waals surface area (Å²) in [6.45, 7) is 0.138. The average Bonchev–Trinajstić information content (AvgIpc) is 2.93. The third kappa shape index (κ3) is 4.38. The van der Waals surface area contributed by atoms with Gasteiger partial charge in [-0.3, -0.25) is 0 Å². The van der Waals surface area contributed by atoms with Crippen molar-refractivity contribution in [2.24, 2.45) is 12.2 Å². The predicted octanol–water partition coefficient (Wildman–Crippen LogP) is 4.77. The van der Waals surface area contributed by atoms with Crippen LogP contribution in [0.2, 0.25) is 15.3 Å². The van der Waals surface area contributed by atoms with Crippen molar-refractivity contribution in [1.29, 1.82) is 0 Å². The van der Waals surface area contributed by atoms with Gasteiger partial charge >= 0.3 is 5.69 Å². The van der Waals surface area contributed by atoms with Crippen molar-refractivity contribution in [3.05, 3.63) is 79.4 Å². The first-order valence-corrected chi connectivity index (χ1v) is 10.4. The van der Waals surface area contributed by atoms with E-state index in [1.54, 1.807) is 24.3 Å². The lowest BCUT2D eigenvalue weighted by atomic mass is 10.2. The van der Waals surface area contributed by atoms with Gasteiger partial charge in [-0.25, -0.2) is 14.0 Å². The number of halogens is 3. The highest BCUT2D eigenvalue weighted by Crippen LogP contribution is 2.25. The summed E-state index contributed by atoms with van der Waals surface area (Å²) in [7, 11) is 1.54. The van der Waals surface area contributed by atoms with Crippen LogP contribution < -0.4 is 5.69 Å². The highest BCUT2D eigenvalue weighted by atomic mass is 35.5. The molecule has 0 aliphatic carbocycles. The van der Waals surface area contributed by atoms with Crippen LogP contribution in [0.4, 0.5) is 0 Å². The first-order chi connectivity index (χ1) is 13.4. The Bertz CT molecular complexity index is 1090. The minimum atomic E-state index is -0.346. The number of benzene rings is 2. The third-order valence-corrected chi connectivity index (χ3v) is 5.53. The number of para-hydroxylation sites is 1. The van der Waals surface area contributed by atoms with Crippen LogP contribution in [0.15, 0.2) is 52.4 Å². The van der Waals surface area contributed by atoms with Crippen LogP contribution >= 0.6 is 46.6 Å². The van der Waals surface area contributed by atoms with Crippen LogP contribution in [0, 0.1) is 0 Å². The van der Waals surface area contributed by atoms with Gasteiger partial charge in [0.15, 0.2) is 0 Å². The number of aromatic nitrogens is 3. The van der Waals surface area contributed by atoms with Crippen molar-refractivity contribution in [3.63, 3.8) is 0 Å². The Morgan fingerprint density at radius 2 is 1.93 bits per heavy atom. The van der Waals surface area contributed by atoms with E-state index in [4.69, 9.17) is 39.6 Å². The zero-order valence-corrected chi connectivity index (χ0v) is 18.0. The van der Waals surface area contributed by atoms with E-state index in [1.165, 1.54) is 28.1 Å². The highest BCUT2D eigenvalue weighted by Gasteiger charge is 2.14. The topological polar surface area (TPSA) is 61.4 Å². The smallest absolute Gasteiger partial charge is 0.351 e. The van der Waals surface area contributed by atoms with Crippen LogP contribution in [-0.4, -0.2) is 25.6 Å². The van der Waals surface area contributed by atoms with E-state index in [0.717, 1.165) is 11.1 Å². The summed E-state index contributed by atoms with van der Waals surface area (Å²) in [4.78, 5) is 17.9. The molecule has 0 atom stereocenters. The van der Waals surface area contributed by atoms with Crippen LogP contribution in [0.1, 0.15) is 11.1 Å². The molecule has 0 N–H and O–H groups in total. The van der Waals surface area contributed by atoms with Gasteiger partial charge in [0, 0.05) is 18.2 Å². The lowest BCUT2D eigenvalue weighted by molar-refractivity contribution is 0.131. The third-order valence-electron chi connectivity index (χ3n) is 3.85. The van der Waals surface area contributed by atoms with Crippen molar-refractivity contribution >= 4 is 51.6 Å². The molecule has 0 spiro atoms. The summed E-state index contributed by atoms with van der Waals surface area (Å²) in [6, 6.07) is 12.5. The van der Waals surface area contributed by atoms with Gasteiger partial charge in [-0.05, 0) is 36.1 Å². The maximum atomic E-state index is 12.3. The minimum Gasteiger partial charge on any atom is -0.390 e. The van der Waals surface area contributed by atoms with E-state index < -0.39 is 0 Å². The van der Waals surface area contributed by atoms with E-state index in [0.29, 0.717) is 20.8 Å². The van der Waals surface area contributed by atoms with E-state index in [2.05, 4.69) is 10.3 Å². The summed E-state index contributed by atoms with van der Waals surface area (Å²) in [6.07, 6.45) is 1.88. The van der Waals surface area contributed by atoms with E-state index in [-0.39, 0.29) is 17.6 Å². The first kappa shape index (κ1) is 20.8. The van der Waals surface area contributed by atoms with Crippen LogP contribution in [0.25, 0.3) is 5.69 Å². The predicted molar refractivity (Wildman–Crippen MR) is 115 cm³/mol. The van der Waals surface area contributed by atoms with E-state index >= 15 is 0 Å². The van der Waals surface area contributed by atoms with Crippen molar-refractivity contribution in [2.75, 3.05) is 6.26 Å². The molecule has 0 bridgehead atoms. The molecule has 2 aromatic carbocycles. The standard InChI is InChI=1S/C18H15Cl3N4O2S/c1-24-18(26)25(17(21)22-24)15-6-4-3-5-12(15)10-27-23-16(28-2)11-7-8-13(19)14(20)9-11/h3-9H,10H2,1-2H3. The molecule has 6 nitrogen and oxygen atoms in total. The van der Waals surface area contributed by atoms with Gasteiger partial charge < -0.3 is 4.84 Å². The molecule has 146 valence electrons. The van der Waals surface area contributed by atoms with Crippen molar-refractivity contribution in [3.8, 4) is 5.69 Å². The first-order valence-electron chi connectivity index (χ1n) is 8.01. The maximum absolute atomic E-state index is 12.3. The number of oxime groups is 1. The Morgan fingerprint density at radius 1 is 1.18 bits per heavy atom. The molecule has 0 fully saturated rings. The number of hydrogen-bond donors (Lipinski definition) is 0.